The van der Waals surface area contributed by atoms with Crippen LogP contribution in [-0.4, -0.2) is 5.91 Å². The van der Waals surface area contributed by atoms with Gasteiger partial charge in [-0.1, -0.05) is 32.0 Å². The fourth-order valence-corrected chi connectivity index (χ4v) is 2.33. The zero-order valence-electron chi connectivity index (χ0n) is 12.6. The molecule has 0 bridgehead atoms. The van der Waals surface area contributed by atoms with Crippen LogP contribution in [0.25, 0.3) is 0 Å². The predicted molar refractivity (Wildman–Crippen MR) is 84.2 cm³/mol. The maximum Gasteiger partial charge on any atom is 0.255 e. The first-order valence-electron chi connectivity index (χ1n) is 7.19. The minimum absolute atomic E-state index is 0.205. The molecule has 0 aliphatic carbocycles. The average molecular weight is 285 g/mol. The summed E-state index contributed by atoms with van der Waals surface area (Å²) in [5.74, 6) is -0.164. The van der Waals surface area contributed by atoms with Gasteiger partial charge in [0.15, 0.2) is 0 Å². The van der Waals surface area contributed by atoms with Gasteiger partial charge in [0.05, 0.1) is 0 Å². The molecule has 2 aromatic carbocycles. The average Bonchev–Trinajstić information content (AvgIpc) is 2.46. The molecule has 2 aromatic rings. The number of amides is 1. The van der Waals surface area contributed by atoms with Crippen LogP contribution < -0.4 is 5.32 Å². The molecule has 0 spiro atoms. The van der Waals surface area contributed by atoms with E-state index in [4.69, 9.17) is 0 Å². The largest absolute Gasteiger partial charge is 0.322 e. The number of nitrogens with one attached hydrogen (secondary N) is 1. The van der Waals surface area contributed by atoms with Crippen molar-refractivity contribution in [3.8, 4) is 0 Å². The third kappa shape index (κ3) is 3.48. The number of para-hydroxylation sites is 1. The fourth-order valence-electron chi connectivity index (χ4n) is 2.33. The summed E-state index contributed by atoms with van der Waals surface area (Å²) in [4.78, 5) is 12.4. The maximum absolute atomic E-state index is 13.1. The Balaban J connectivity index is 2.28. The van der Waals surface area contributed by atoms with E-state index in [0.717, 1.165) is 17.7 Å². The van der Waals surface area contributed by atoms with E-state index in [1.54, 1.807) is 6.92 Å². The zero-order chi connectivity index (χ0) is 15.4. The third-order valence-corrected chi connectivity index (χ3v) is 3.79. The molecule has 3 heteroatoms. The van der Waals surface area contributed by atoms with E-state index in [2.05, 4.69) is 19.2 Å². The molecule has 110 valence electrons. The highest BCUT2D eigenvalue weighted by Crippen LogP contribution is 2.27. The SMILES string of the molecule is CCC(C)c1ccccc1NC(=O)c1ccc(F)cc1C. The van der Waals surface area contributed by atoms with Gasteiger partial charge in [-0.25, -0.2) is 4.39 Å². The van der Waals surface area contributed by atoms with E-state index in [1.165, 1.54) is 18.2 Å². The van der Waals surface area contributed by atoms with Gasteiger partial charge in [0.2, 0.25) is 0 Å². The monoisotopic (exact) mass is 285 g/mol. The number of halogens is 1. The van der Waals surface area contributed by atoms with Crippen molar-refractivity contribution in [2.45, 2.75) is 33.1 Å². The van der Waals surface area contributed by atoms with Gasteiger partial charge >= 0.3 is 0 Å². The first-order valence-corrected chi connectivity index (χ1v) is 7.19. The standard InChI is InChI=1S/C18H20FNO/c1-4-12(2)15-7-5-6-8-17(15)20-18(21)16-10-9-14(19)11-13(16)3/h5-12H,4H2,1-3H3,(H,20,21). The quantitative estimate of drug-likeness (QED) is 0.850. The second-order valence-corrected chi connectivity index (χ2v) is 5.31. The van der Waals surface area contributed by atoms with E-state index >= 15 is 0 Å². The number of carbonyl (C=O) groups excluding carboxylic acids is 1. The first kappa shape index (κ1) is 15.2. The van der Waals surface area contributed by atoms with Gasteiger partial charge in [0.1, 0.15) is 5.82 Å². The normalized spacial score (nSPS) is 12.0. The molecule has 1 atom stereocenters. The summed E-state index contributed by atoms with van der Waals surface area (Å²) < 4.78 is 13.1. The van der Waals surface area contributed by atoms with Crippen molar-refractivity contribution in [1.29, 1.82) is 0 Å². The van der Waals surface area contributed by atoms with Crippen molar-refractivity contribution in [3.05, 3.63) is 65.0 Å². The Labute approximate surface area is 125 Å². The number of rotatable bonds is 4. The van der Waals surface area contributed by atoms with Crippen LogP contribution >= 0.6 is 0 Å². The summed E-state index contributed by atoms with van der Waals surface area (Å²) >= 11 is 0. The van der Waals surface area contributed by atoms with Crippen molar-refractivity contribution in [1.82, 2.24) is 0 Å². The molecule has 1 unspecified atom stereocenters. The van der Waals surface area contributed by atoms with Crippen molar-refractivity contribution in [2.75, 3.05) is 5.32 Å². The molecular formula is C18H20FNO. The second kappa shape index (κ2) is 6.53. The molecular weight excluding hydrogens is 265 g/mol. The molecule has 0 aromatic heterocycles. The van der Waals surface area contributed by atoms with E-state index in [0.29, 0.717) is 17.0 Å². The molecule has 2 rings (SSSR count). The van der Waals surface area contributed by atoms with E-state index in [1.807, 2.05) is 24.3 Å². The predicted octanol–water partition coefficient (Wildman–Crippen LogP) is 4.90. The molecule has 0 aliphatic heterocycles. The van der Waals surface area contributed by atoms with Gasteiger partial charge in [-0.15, -0.1) is 0 Å². The van der Waals surface area contributed by atoms with E-state index < -0.39 is 0 Å². The topological polar surface area (TPSA) is 29.1 Å². The van der Waals surface area contributed by atoms with Gasteiger partial charge in [0, 0.05) is 11.3 Å². The highest BCUT2D eigenvalue weighted by atomic mass is 19.1. The summed E-state index contributed by atoms with van der Waals surface area (Å²) in [6, 6.07) is 12.0. The Kier molecular flexibility index (Phi) is 4.73. The van der Waals surface area contributed by atoms with Crippen molar-refractivity contribution >= 4 is 11.6 Å². The Hall–Kier alpha value is -2.16. The Morgan fingerprint density at radius 1 is 1.24 bits per heavy atom. The lowest BCUT2D eigenvalue weighted by molar-refractivity contribution is 0.102. The highest BCUT2D eigenvalue weighted by Gasteiger charge is 2.14. The number of carbonyl (C=O) groups is 1. The summed E-state index contributed by atoms with van der Waals surface area (Å²) in [5, 5.41) is 2.94. The van der Waals surface area contributed by atoms with Gasteiger partial charge in [-0.2, -0.15) is 0 Å². The van der Waals surface area contributed by atoms with Crippen molar-refractivity contribution in [3.63, 3.8) is 0 Å². The van der Waals surface area contributed by atoms with Crippen molar-refractivity contribution in [2.24, 2.45) is 0 Å². The molecule has 1 N–H and O–H groups in total. The second-order valence-electron chi connectivity index (χ2n) is 5.31. The highest BCUT2D eigenvalue weighted by molar-refractivity contribution is 6.05. The number of hydrogen-bond acceptors (Lipinski definition) is 1. The summed E-state index contributed by atoms with van der Waals surface area (Å²) in [6.45, 7) is 5.99. The molecule has 2 nitrogen and oxygen atoms in total. The number of hydrogen-bond donors (Lipinski definition) is 1. The summed E-state index contributed by atoms with van der Waals surface area (Å²) in [7, 11) is 0. The lowest BCUT2D eigenvalue weighted by Crippen LogP contribution is -2.15. The fraction of sp³-hybridized carbons (Fsp3) is 0.278. The van der Waals surface area contributed by atoms with Crippen LogP contribution in [0.4, 0.5) is 10.1 Å². The lowest BCUT2D eigenvalue weighted by Gasteiger charge is -2.16. The molecule has 0 saturated carbocycles. The molecule has 0 heterocycles. The van der Waals surface area contributed by atoms with Gasteiger partial charge in [0.25, 0.3) is 5.91 Å². The van der Waals surface area contributed by atoms with Crippen LogP contribution in [0.1, 0.15) is 47.7 Å². The Morgan fingerprint density at radius 3 is 2.62 bits per heavy atom. The van der Waals surface area contributed by atoms with Crippen LogP contribution in [-0.2, 0) is 0 Å². The number of anilines is 1. The van der Waals surface area contributed by atoms with Gasteiger partial charge in [-0.05, 0) is 54.7 Å². The molecule has 21 heavy (non-hydrogen) atoms. The van der Waals surface area contributed by atoms with Gasteiger partial charge in [-0.3, -0.25) is 4.79 Å². The summed E-state index contributed by atoms with van der Waals surface area (Å²) in [6.07, 6.45) is 1.00. The van der Waals surface area contributed by atoms with Crippen LogP contribution in [0.3, 0.4) is 0 Å². The minimum atomic E-state index is -0.330. The van der Waals surface area contributed by atoms with Gasteiger partial charge < -0.3 is 5.32 Å². The zero-order valence-corrected chi connectivity index (χ0v) is 12.6. The number of benzene rings is 2. The van der Waals surface area contributed by atoms with E-state index in [-0.39, 0.29) is 11.7 Å². The maximum atomic E-state index is 13.1. The molecule has 0 saturated heterocycles. The summed E-state index contributed by atoms with van der Waals surface area (Å²) in [5.41, 5.74) is 3.07. The lowest BCUT2D eigenvalue weighted by atomic mass is 9.96. The Morgan fingerprint density at radius 2 is 1.95 bits per heavy atom. The van der Waals surface area contributed by atoms with Crippen LogP contribution in [0.15, 0.2) is 42.5 Å². The molecule has 0 fully saturated rings. The van der Waals surface area contributed by atoms with Crippen molar-refractivity contribution < 1.29 is 9.18 Å². The van der Waals surface area contributed by atoms with Crippen LogP contribution in [0, 0.1) is 12.7 Å². The Bertz CT molecular complexity index is 651. The van der Waals surface area contributed by atoms with Crippen LogP contribution in [0.5, 0.6) is 0 Å². The first-order chi connectivity index (χ1) is 10.0. The number of aryl methyl sites for hydroxylation is 1. The smallest absolute Gasteiger partial charge is 0.255 e. The molecule has 0 aliphatic rings. The third-order valence-electron chi connectivity index (χ3n) is 3.79. The molecule has 0 radical (unpaired) electrons. The van der Waals surface area contributed by atoms with Crippen LogP contribution in [0.2, 0.25) is 0 Å². The minimum Gasteiger partial charge on any atom is -0.322 e. The molecule has 1 amide bonds. The van der Waals surface area contributed by atoms with E-state index in [9.17, 15) is 9.18 Å².